The zero-order valence-electron chi connectivity index (χ0n) is 7.94. The average Bonchev–Trinajstić information content (AvgIpc) is 2.57. The SMILES string of the molecule is Cc1nc2c(F)c(C(=O)O)c(F)c(Cl)c2[nH]1. The van der Waals surface area contributed by atoms with Gasteiger partial charge in [-0.2, -0.15) is 0 Å². The summed E-state index contributed by atoms with van der Waals surface area (Å²) in [7, 11) is 0. The van der Waals surface area contributed by atoms with Crippen LogP contribution in [0.2, 0.25) is 5.02 Å². The van der Waals surface area contributed by atoms with E-state index in [1.165, 1.54) is 6.92 Å². The van der Waals surface area contributed by atoms with Gasteiger partial charge >= 0.3 is 5.97 Å². The van der Waals surface area contributed by atoms with Crippen molar-refractivity contribution in [2.45, 2.75) is 6.92 Å². The molecule has 0 saturated heterocycles. The molecule has 1 aromatic heterocycles. The zero-order valence-corrected chi connectivity index (χ0v) is 8.69. The zero-order chi connectivity index (χ0) is 12.0. The van der Waals surface area contributed by atoms with Crippen LogP contribution in [-0.2, 0) is 0 Å². The minimum absolute atomic E-state index is 0.0424. The molecule has 16 heavy (non-hydrogen) atoms. The first-order valence-electron chi connectivity index (χ1n) is 4.19. The van der Waals surface area contributed by atoms with E-state index in [9.17, 15) is 13.6 Å². The van der Waals surface area contributed by atoms with Crippen molar-refractivity contribution in [3.63, 3.8) is 0 Å². The maximum absolute atomic E-state index is 13.6. The van der Waals surface area contributed by atoms with Crippen molar-refractivity contribution in [2.24, 2.45) is 0 Å². The van der Waals surface area contributed by atoms with Crippen LogP contribution < -0.4 is 0 Å². The Morgan fingerprint density at radius 2 is 2.06 bits per heavy atom. The highest BCUT2D eigenvalue weighted by Crippen LogP contribution is 2.30. The number of imidazole rings is 1. The van der Waals surface area contributed by atoms with Crippen LogP contribution in [0.3, 0.4) is 0 Å². The van der Waals surface area contributed by atoms with Gasteiger partial charge in [-0.15, -0.1) is 0 Å². The number of aromatic carboxylic acids is 1. The Kier molecular flexibility index (Phi) is 2.31. The van der Waals surface area contributed by atoms with Gasteiger partial charge in [0, 0.05) is 0 Å². The molecule has 1 heterocycles. The summed E-state index contributed by atoms with van der Waals surface area (Å²) in [5.74, 6) is -3.94. The van der Waals surface area contributed by atoms with Crippen molar-refractivity contribution >= 4 is 28.6 Å². The molecule has 0 atom stereocenters. The number of carboxylic acid groups (broad SMARTS) is 1. The van der Waals surface area contributed by atoms with E-state index in [4.69, 9.17) is 16.7 Å². The molecular weight excluding hydrogens is 242 g/mol. The highest BCUT2D eigenvalue weighted by molar-refractivity contribution is 6.35. The van der Waals surface area contributed by atoms with Crippen LogP contribution >= 0.6 is 11.6 Å². The molecule has 0 aliphatic rings. The molecule has 0 unspecified atom stereocenters. The van der Waals surface area contributed by atoms with Crippen LogP contribution in [0.4, 0.5) is 8.78 Å². The van der Waals surface area contributed by atoms with Crippen molar-refractivity contribution in [1.29, 1.82) is 0 Å². The molecule has 0 aliphatic heterocycles. The number of aromatic nitrogens is 2. The van der Waals surface area contributed by atoms with Gasteiger partial charge in [-0.05, 0) is 6.92 Å². The van der Waals surface area contributed by atoms with Crippen LogP contribution in [0.25, 0.3) is 11.0 Å². The Balaban J connectivity index is 2.99. The molecular formula is C9H5ClF2N2O2. The van der Waals surface area contributed by atoms with E-state index >= 15 is 0 Å². The minimum atomic E-state index is -1.72. The van der Waals surface area contributed by atoms with E-state index in [1.807, 2.05) is 0 Å². The van der Waals surface area contributed by atoms with Crippen LogP contribution in [0.15, 0.2) is 0 Å². The Hall–Kier alpha value is -1.69. The average molecular weight is 247 g/mol. The third-order valence-corrected chi connectivity index (χ3v) is 2.45. The predicted octanol–water partition coefficient (Wildman–Crippen LogP) is 2.50. The van der Waals surface area contributed by atoms with E-state index in [0.29, 0.717) is 5.82 Å². The number of halogens is 3. The largest absolute Gasteiger partial charge is 0.477 e. The van der Waals surface area contributed by atoms with E-state index in [2.05, 4.69) is 9.97 Å². The predicted molar refractivity (Wildman–Crippen MR) is 52.7 cm³/mol. The van der Waals surface area contributed by atoms with E-state index in [-0.39, 0.29) is 11.0 Å². The van der Waals surface area contributed by atoms with Gasteiger partial charge in [-0.1, -0.05) is 11.6 Å². The quantitative estimate of drug-likeness (QED) is 0.760. The van der Waals surface area contributed by atoms with Gasteiger partial charge in [0.05, 0.1) is 5.52 Å². The number of nitrogens with one attached hydrogen (secondary N) is 1. The summed E-state index contributed by atoms with van der Waals surface area (Å²) in [4.78, 5) is 16.9. The number of nitrogens with zero attached hydrogens (tertiary/aromatic N) is 1. The Bertz CT molecular complexity index is 609. The van der Waals surface area contributed by atoms with Crippen LogP contribution in [-0.4, -0.2) is 21.0 Å². The lowest BCUT2D eigenvalue weighted by atomic mass is 10.1. The molecule has 0 radical (unpaired) electrons. The number of rotatable bonds is 1. The number of hydrogen-bond acceptors (Lipinski definition) is 2. The second kappa shape index (κ2) is 3.41. The van der Waals surface area contributed by atoms with Crippen molar-refractivity contribution in [3.05, 3.63) is 28.0 Å². The molecule has 7 heteroatoms. The van der Waals surface area contributed by atoms with Gasteiger partial charge < -0.3 is 10.1 Å². The molecule has 2 rings (SSSR count). The second-order valence-electron chi connectivity index (χ2n) is 3.17. The number of carbonyl (C=O) groups is 1. The Morgan fingerprint density at radius 1 is 1.44 bits per heavy atom. The van der Waals surface area contributed by atoms with Gasteiger partial charge in [-0.3, -0.25) is 0 Å². The van der Waals surface area contributed by atoms with Crippen molar-refractivity contribution in [3.8, 4) is 0 Å². The number of fused-ring (bicyclic) bond motifs is 1. The molecule has 0 fully saturated rings. The molecule has 0 saturated carbocycles. The van der Waals surface area contributed by atoms with Crippen molar-refractivity contribution in [1.82, 2.24) is 9.97 Å². The molecule has 0 spiro atoms. The van der Waals surface area contributed by atoms with Gasteiger partial charge in [0.15, 0.2) is 11.6 Å². The van der Waals surface area contributed by atoms with Gasteiger partial charge in [0.2, 0.25) is 0 Å². The molecule has 2 aromatic rings. The summed E-state index contributed by atoms with van der Waals surface area (Å²) in [6, 6.07) is 0. The molecule has 84 valence electrons. The van der Waals surface area contributed by atoms with Crippen molar-refractivity contribution in [2.75, 3.05) is 0 Å². The number of H-pyrrole nitrogens is 1. The molecule has 0 amide bonds. The fourth-order valence-electron chi connectivity index (χ4n) is 1.43. The lowest BCUT2D eigenvalue weighted by Gasteiger charge is -2.02. The molecule has 2 N–H and O–H groups in total. The number of aromatic amines is 1. The number of aryl methyl sites for hydroxylation is 1. The minimum Gasteiger partial charge on any atom is -0.477 e. The van der Waals surface area contributed by atoms with Crippen LogP contribution in [0.5, 0.6) is 0 Å². The highest BCUT2D eigenvalue weighted by atomic mass is 35.5. The summed E-state index contributed by atoms with van der Waals surface area (Å²) in [6.07, 6.45) is 0. The number of hydrogen-bond donors (Lipinski definition) is 2. The number of carboxylic acids is 1. The van der Waals surface area contributed by atoms with E-state index < -0.39 is 28.2 Å². The highest BCUT2D eigenvalue weighted by Gasteiger charge is 2.25. The monoisotopic (exact) mass is 246 g/mol. The maximum Gasteiger partial charge on any atom is 0.341 e. The summed E-state index contributed by atoms with van der Waals surface area (Å²) >= 11 is 5.58. The normalized spacial score (nSPS) is 11.0. The van der Waals surface area contributed by atoms with Gasteiger partial charge in [0.1, 0.15) is 21.9 Å². The standard InChI is InChI=1S/C9H5ClF2N2O2/c1-2-13-7-4(10)5(11)3(9(15)16)6(12)8(7)14-2/h1H3,(H,13,14)(H,15,16). The van der Waals surface area contributed by atoms with Gasteiger partial charge in [0.25, 0.3) is 0 Å². The van der Waals surface area contributed by atoms with Gasteiger partial charge in [-0.25, -0.2) is 18.6 Å². The van der Waals surface area contributed by atoms with E-state index in [1.54, 1.807) is 0 Å². The van der Waals surface area contributed by atoms with E-state index in [0.717, 1.165) is 0 Å². The fourth-order valence-corrected chi connectivity index (χ4v) is 1.66. The van der Waals surface area contributed by atoms with Crippen LogP contribution in [0.1, 0.15) is 16.2 Å². The molecule has 0 aliphatic carbocycles. The first-order chi connectivity index (χ1) is 7.43. The lowest BCUT2D eigenvalue weighted by Crippen LogP contribution is -2.06. The number of benzene rings is 1. The summed E-state index contributed by atoms with van der Waals surface area (Å²) in [6.45, 7) is 1.52. The first-order valence-corrected chi connectivity index (χ1v) is 4.57. The topological polar surface area (TPSA) is 66.0 Å². The molecule has 1 aromatic carbocycles. The van der Waals surface area contributed by atoms with Crippen molar-refractivity contribution < 1.29 is 18.7 Å². The molecule has 4 nitrogen and oxygen atoms in total. The third-order valence-electron chi connectivity index (χ3n) is 2.10. The maximum atomic E-state index is 13.6. The summed E-state index contributed by atoms with van der Waals surface area (Å²) in [5, 5.41) is 8.18. The third kappa shape index (κ3) is 1.34. The Morgan fingerprint density at radius 3 is 2.62 bits per heavy atom. The molecule has 0 bridgehead atoms. The summed E-state index contributed by atoms with van der Waals surface area (Å²) in [5.41, 5.74) is -1.41. The second-order valence-corrected chi connectivity index (χ2v) is 3.55. The summed E-state index contributed by atoms with van der Waals surface area (Å²) < 4.78 is 27.1. The lowest BCUT2D eigenvalue weighted by molar-refractivity contribution is 0.0687. The fraction of sp³-hybridized carbons (Fsp3) is 0.111. The Labute approximate surface area is 92.9 Å². The van der Waals surface area contributed by atoms with Crippen LogP contribution in [0, 0.1) is 18.6 Å². The first kappa shape index (κ1) is 10.8. The smallest absolute Gasteiger partial charge is 0.341 e.